The van der Waals surface area contributed by atoms with Crippen molar-refractivity contribution in [2.45, 2.75) is 57.0 Å². The van der Waals surface area contributed by atoms with Gasteiger partial charge in [0.1, 0.15) is 17.0 Å². The van der Waals surface area contributed by atoms with Gasteiger partial charge in [-0.3, -0.25) is 19.2 Å². The van der Waals surface area contributed by atoms with Crippen LogP contribution in [0.25, 0.3) is 0 Å². The molecule has 1 saturated heterocycles. The van der Waals surface area contributed by atoms with E-state index in [9.17, 15) is 19.2 Å². The number of rotatable bonds is 14. The topological polar surface area (TPSA) is 148 Å². The van der Waals surface area contributed by atoms with Gasteiger partial charge in [0, 0.05) is 14.2 Å². The van der Waals surface area contributed by atoms with Gasteiger partial charge in [0.2, 0.25) is 11.8 Å². The van der Waals surface area contributed by atoms with Gasteiger partial charge in [0.15, 0.2) is 11.4 Å². The first-order valence-electron chi connectivity index (χ1n) is 12.2. The molecule has 1 unspecified atom stereocenters. The van der Waals surface area contributed by atoms with Gasteiger partial charge in [0.25, 0.3) is 5.91 Å². The van der Waals surface area contributed by atoms with E-state index in [1.165, 1.54) is 31.8 Å². The van der Waals surface area contributed by atoms with Crippen LogP contribution >= 0.6 is 11.3 Å². The molecule has 1 aromatic heterocycles. The van der Waals surface area contributed by atoms with Crippen LogP contribution in [0.3, 0.4) is 0 Å². The van der Waals surface area contributed by atoms with Crippen LogP contribution in [0.1, 0.15) is 34.1 Å². The smallest absolute Gasteiger partial charge is 0.263 e. The molecule has 1 aromatic carbocycles. The fraction of sp³-hybridized carbons (Fsp3) is 0.500. The van der Waals surface area contributed by atoms with Crippen LogP contribution in [-0.2, 0) is 35.0 Å². The summed E-state index contributed by atoms with van der Waals surface area (Å²) in [6, 6.07) is 6.19. The summed E-state index contributed by atoms with van der Waals surface area (Å²) in [5, 5.41) is 8.70. The summed E-state index contributed by atoms with van der Waals surface area (Å²) in [6.07, 6.45) is 1.41. The summed E-state index contributed by atoms with van der Waals surface area (Å²) in [5.41, 5.74) is -0.133. The van der Waals surface area contributed by atoms with Crippen molar-refractivity contribution in [2.24, 2.45) is 0 Å². The van der Waals surface area contributed by atoms with Gasteiger partial charge in [-0.2, -0.15) is 0 Å². The number of amides is 3. The van der Waals surface area contributed by atoms with E-state index in [2.05, 4.69) is 20.9 Å². The Morgan fingerprint density at radius 1 is 1.00 bits per heavy atom. The van der Waals surface area contributed by atoms with Gasteiger partial charge in [-0.15, -0.1) is 11.3 Å². The molecule has 2 heterocycles. The molecule has 12 heteroatoms. The van der Waals surface area contributed by atoms with Gasteiger partial charge < -0.3 is 30.2 Å². The fourth-order valence-electron chi connectivity index (χ4n) is 3.94. The number of aromatic nitrogens is 1. The van der Waals surface area contributed by atoms with Gasteiger partial charge in [-0.25, -0.2) is 4.98 Å². The molecule has 38 heavy (non-hydrogen) atoms. The van der Waals surface area contributed by atoms with Gasteiger partial charge in [0.05, 0.1) is 36.6 Å². The maximum Gasteiger partial charge on any atom is 0.263 e. The molecular weight excluding hydrogens is 512 g/mol. The monoisotopic (exact) mass is 546 g/mol. The molecule has 0 radical (unpaired) electrons. The lowest BCUT2D eigenvalue weighted by molar-refractivity contribution is -0.134. The Bertz CT molecular complexity index is 1140. The van der Waals surface area contributed by atoms with Crippen LogP contribution in [0.15, 0.2) is 36.5 Å². The number of hydrogen-bond donors (Lipinski definition) is 3. The standard InChI is InChI=1S/C26H34N4O7S/c1-15-26(3,37-15)22(31)18(11-17-9-7-6-8-10-17)28-23(32)19(13-35-4)29-24(33)20(14-36-5)30-25(34)21-12-27-16(2)38-21/h6-10,12,15,18-20H,11,13-14H2,1-5H3,(H,28,32)(H,29,33)(H,30,34)/t15?,18-,19-,20-,26+/m0/s1. The highest BCUT2D eigenvalue weighted by molar-refractivity contribution is 7.13. The molecule has 3 amide bonds. The molecule has 3 N–H and O–H groups in total. The summed E-state index contributed by atoms with van der Waals surface area (Å²) >= 11 is 1.19. The highest BCUT2D eigenvalue weighted by Gasteiger charge is 2.57. The predicted octanol–water partition coefficient (Wildman–Crippen LogP) is 0.802. The number of carbonyl (C=O) groups excluding carboxylic acids is 4. The van der Waals surface area contributed by atoms with Crippen LogP contribution < -0.4 is 16.0 Å². The maximum atomic E-state index is 13.3. The molecule has 0 spiro atoms. The van der Waals surface area contributed by atoms with Crippen molar-refractivity contribution in [3.8, 4) is 0 Å². The normalized spacial score (nSPS) is 20.6. The van der Waals surface area contributed by atoms with Crippen molar-refractivity contribution in [3.63, 3.8) is 0 Å². The molecule has 2 aromatic rings. The van der Waals surface area contributed by atoms with E-state index in [0.717, 1.165) is 5.56 Å². The van der Waals surface area contributed by atoms with Gasteiger partial charge in [-0.1, -0.05) is 30.3 Å². The predicted molar refractivity (Wildman–Crippen MR) is 140 cm³/mol. The first-order chi connectivity index (χ1) is 18.1. The molecular formula is C26H34N4O7S. The van der Waals surface area contributed by atoms with Crippen LogP contribution in [0, 0.1) is 6.92 Å². The average Bonchev–Trinajstić information content (AvgIpc) is 3.28. The Kier molecular flexibility index (Phi) is 10.1. The summed E-state index contributed by atoms with van der Waals surface area (Å²) < 4.78 is 15.8. The quantitative estimate of drug-likeness (QED) is 0.295. The second-order valence-corrected chi connectivity index (χ2v) is 10.5. The van der Waals surface area contributed by atoms with Crippen molar-refractivity contribution >= 4 is 34.8 Å². The SMILES string of the molecule is COC[C@H](NC(=O)c1cnc(C)s1)C(=O)N[C@@H](COC)C(=O)N[C@@H](Cc1ccccc1)C(=O)[C@]1(C)OC1C. The lowest BCUT2D eigenvalue weighted by Crippen LogP contribution is -2.59. The van der Waals surface area contributed by atoms with Crippen LogP contribution in [-0.4, -0.2) is 85.8 Å². The number of methoxy groups -OCH3 is 2. The Morgan fingerprint density at radius 2 is 1.55 bits per heavy atom. The third-order valence-corrected chi connectivity index (χ3v) is 7.22. The number of aryl methyl sites for hydroxylation is 1. The summed E-state index contributed by atoms with van der Waals surface area (Å²) in [6.45, 7) is 4.97. The Morgan fingerprint density at radius 3 is 2.05 bits per heavy atom. The number of thiazole rings is 1. The van der Waals surface area contributed by atoms with E-state index < -0.39 is 41.4 Å². The molecule has 5 atom stereocenters. The van der Waals surface area contributed by atoms with Crippen molar-refractivity contribution < 1.29 is 33.4 Å². The van der Waals surface area contributed by atoms with Crippen molar-refractivity contribution in [1.29, 1.82) is 0 Å². The average molecular weight is 547 g/mol. The number of benzene rings is 1. The molecule has 1 aliphatic rings. The minimum absolute atomic E-state index is 0.126. The van der Waals surface area contributed by atoms with Crippen LogP contribution in [0.4, 0.5) is 0 Å². The van der Waals surface area contributed by atoms with Crippen LogP contribution in [0.2, 0.25) is 0 Å². The summed E-state index contributed by atoms with van der Waals surface area (Å²) in [4.78, 5) is 56.7. The van der Waals surface area contributed by atoms with Gasteiger partial charge >= 0.3 is 0 Å². The number of epoxide rings is 1. The number of carbonyl (C=O) groups is 4. The Labute approximate surface area is 225 Å². The highest BCUT2D eigenvalue weighted by Crippen LogP contribution is 2.37. The molecule has 11 nitrogen and oxygen atoms in total. The van der Waals surface area contributed by atoms with E-state index >= 15 is 0 Å². The molecule has 1 aliphatic heterocycles. The van der Waals surface area contributed by atoms with E-state index in [0.29, 0.717) is 9.88 Å². The Hall–Kier alpha value is -3.19. The molecule has 0 aliphatic carbocycles. The minimum Gasteiger partial charge on any atom is -0.382 e. The molecule has 1 fully saturated rings. The van der Waals surface area contributed by atoms with E-state index in [1.54, 1.807) is 20.8 Å². The highest BCUT2D eigenvalue weighted by atomic mass is 32.1. The molecule has 0 bridgehead atoms. The molecule has 3 rings (SSSR count). The Balaban J connectivity index is 1.72. The number of ketones is 1. The number of nitrogens with zero attached hydrogens (tertiary/aromatic N) is 1. The van der Waals surface area contributed by atoms with Crippen molar-refractivity contribution in [3.05, 3.63) is 52.0 Å². The second-order valence-electron chi connectivity index (χ2n) is 9.22. The van der Waals surface area contributed by atoms with Crippen molar-refractivity contribution in [1.82, 2.24) is 20.9 Å². The summed E-state index contributed by atoms with van der Waals surface area (Å²) in [7, 11) is 2.78. The third-order valence-electron chi connectivity index (χ3n) is 6.31. The van der Waals surface area contributed by atoms with E-state index in [1.807, 2.05) is 30.3 Å². The maximum absolute atomic E-state index is 13.3. The minimum atomic E-state index is -1.13. The number of Topliss-reactive ketones (excluding diaryl/α,β-unsaturated/α-hetero) is 1. The lowest BCUT2D eigenvalue weighted by Gasteiger charge is -2.25. The molecule has 0 saturated carbocycles. The van der Waals surface area contributed by atoms with E-state index in [-0.39, 0.29) is 31.5 Å². The van der Waals surface area contributed by atoms with E-state index in [4.69, 9.17) is 14.2 Å². The second kappa shape index (κ2) is 13.1. The zero-order chi connectivity index (χ0) is 27.9. The van der Waals surface area contributed by atoms with Crippen LogP contribution in [0.5, 0.6) is 0 Å². The van der Waals surface area contributed by atoms with Gasteiger partial charge in [-0.05, 0) is 32.8 Å². The fourth-order valence-corrected chi connectivity index (χ4v) is 4.62. The lowest BCUT2D eigenvalue weighted by atomic mass is 9.92. The zero-order valence-electron chi connectivity index (χ0n) is 22.1. The first-order valence-corrected chi connectivity index (χ1v) is 13.0. The first kappa shape index (κ1) is 29.4. The zero-order valence-corrected chi connectivity index (χ0v) is 22.9. The van der Waals surface area contributed by atoms with Crippen molar-refractivity contribution in [2.75, 3.05) is 27.4 Å². The largest absolute Gasteiger partial charge is 0.382 e. The number of ether oxygens (including phenoxy) is 3. The third kappa shape index (κ3) is 7.44. The molecule has 206 valence electrons. The number of hydrogen-bond acceptors (Lipinski definition) is 9. The number of nitrogens with one attached hydrogen (secondary N) is 3. The summed E-state index contributed by atoms with van der Waals surface area (Å²) in [5.74, 6) is -1.99.